The monoisotopic (exact) mass is 348 g/mol. The molecule has 0 saturated carbocycles. The Morgan fingerprint density at radius 1 is 1.17 bits per heavy atom. The second-order valence-corrected chi connectivity index (χ2v) is 5.12. The van der Waals surface area contributed by atoms with Gasteiger partial charge in [-0.15, -0.1) is 0 Å². The maximum Gasteiger partial charge on any atom is 0.265 e. The van der Waals surface area contributed by atoms with Crippen LogP contribution in [0.1, 0.15) is 5.56 Å². The third-order valence-electron chi connectivity index (χ3n) is 2.99. The molecule has 1 N–H and O–H groups in total. The van der Waals surface area contributed by atoms with E-state index in [1.807, 2.05) is 0 Å². The third kappa shape index (κ3) is 5.17. The lowest BCUT2D eigenvalue weighted by Gasteiger charge is -2.07. The van der Waals surface area contributed by atoms with E-state index in [1.54, 1.807) is 56.7 Å². The number of nitrogens with one attached hydrogen (secondary N) is 1. The van der Waals surface area contributed by atoms with Crippen LogP contribution >= 0.6 is 11.6 Å². The number of carbonyl (C=O) groups is 1. The molecule has 0 saturated heterocycles. The summed E-state index contributed by atoms with van der Waals surface area (Å²) in [6.45, 7) is -0.212. The van der Waals surface area contributed by atoms with E-state index in [1.165, 1.54) is 6.21 Å². The number of nitrogens with zero attached hydrogens (tertiary/aromatic N) is 1. The topological polar surface area (TPSA) is 69.2 Å². The Balaban J connectivity index is 1.85. The highest BCUT2D eigenvalue weighted by Crippen LogP contribution is 2.26. The summed E-state index contributed by atoms with van der Waals surface area (Å²) >= 11 is 5.84. The van der Waals surface area contributed by atoms with Crippen molar-refractivity contribution in [3.8, 4) is 11.5 Å². The lowest BCUT2D eigenvalue weighted by atomic mass is 10.2. The molecular weight excluding hydrogens is 332 g/mol. The van der Waals surface area contributed by atoms with Gasteiger partial charge in [-0.25, -0.2) is 0 Å². The van der Waals surface area contributed by atoms with Crippen molar-refractivity contribution < 1.29 is 19.1 Å². The first kappa shape index (κ1) is 17.6. The molecule has 0 aliphatic carbocycles. The van der Waals surface area contributed by atoms with Gasteiger partial charge >= 0.3 is 0 Å². The van der Waals surface area contributed by atoms with E-state index in [0.717, 1.165) is 5.56 Å². The molecule has 126 valence electrons. The van der Waals surface area contributed by atoms with Gasteiger partial charge < -0.3 is 19.6 Å². The highest BCUT2D eigenvalue weighted by Gasteiger charge is 2.04. The maximum absolute atomic E-state index is 11.7. The van der Waals surface area contributed by atoms with Crippen LogP contribution in [0, 0.1) is 0 Å². The van der Waals surface area contributed by atoms with E-state index in [9.17, 15) is 4.79 Å². The zero-order chi connectivity index (χ0) is 17.4. The standard InChI is InChI=1S/C17H17ClN2O4/c1-22-15-7-6-12(8-16(15)23-2)10-19-24-11-17(21)20-14-5-3-4-13(18)9-14/h3-10H,11H2,1-2H3,(H,20,21)/b19-10-. The van der Waals surface area contributed by atoms with Crippen LogP contribution in [-0.4, -0.2) is 32.9 Å². The van der Waals surface area contributed by atoms with Gasteiger partial charge in [-0.05, 0) is 36.4 Å². The van der Waals surface area contributed by atoms with Gasteiger partial charge in [0.1, 0.15) is 0 Å². The van der Waals surface area contributed by atoms with Gasteiger partial charge in [-0.1, -0.05) is 22.8 Å². The van der Waals surface area contributed by atoms with E-state index in [-0.39, 0.29) is 12.5 Å². The quantitative estimate of drug-likeness (QED) is 0.615. The molecule has 0 atom stereocenters. The molecule has 0 spiro atoms. The SMILES string of the molecule is COc1ccc(/C=N\OCC(=O)Nc2cccc(Cl)c2)cc1OC. The number of carbonyl (C=O) groups excluding carboxylic acids is 1. The van der Waals surface area contributed by atoms with Gasteiger partial charge in [-0.3, -0.25) is 4.79 Å². The minimum absolute atomic E-state index is 0.212. The van der Waals surface area contributed by atoms with Gasteiger partial charge in [0.05, 0.1) is 20.4 Å². The van der Waals surface area contributed by atoms with Crippen LogP contribution < -0.4 is 14.8 Å². The molecular formula is C17H17ClN2O4. The van der Waals surface area contributed by atoms with Gasteiger partial charge in [0.25, 0.3) is 5.91 Å². The number of amides is 1. The van der Waals surface area contributed by atoms with Gasteiger partial charge in [-0.2, -0.15) is 0 Å². The Morgan fingerprint density at radius 2 is 1.96 bits per heavy atom. The zero-order valence-electron chi connectivity index (χ0n) is 13.3. The van der Waals surface area contributed by atoms with Crippen molar-refractivity contribution in [2.45, 2.75) is 0 Å². The fourth-order valence-electron chi connectivity index (χ4n) is 1.89. The van der Waals surface area contributed by atoms with Crippen molar-refractivity contribution in [3.63, 3.8) is 0 Å². The highest BCUT2D eigenvalue weighted by molar-refractivity contribution is 6.30. The minimum atomic E-state index is -0.332. The van der Waals surface area contributed by atoms with E-state index < -0.39 is 0 Å². The van der Waals surface area contributed by atoms with Crippen LogP contribution in [0.3, 0.4) is 0 Å². The number of ether oxygens (including phenoxy) is 2. The molecule has 6 nitrogen and oxygen atoms in total. The lowest BCUT2D eigenvalue weighted by molar-refractivity contribution is -0.120. The van der Waals surface area contributed by atoms with Crippen LogP contribution in [0.4, 0.5) is 5.69 Å². The smallest absolute Gasteiger partial charge is 0.265 e. The Bertz CT molecular complexity index is 734. The first-order chi connectivity index (χ1) is 11.6. The number of methoxy groups -OCH3 is 2. The number of anilines is 1. The Labute approximate surface area is 145 Å². The van der Waals surface area contributed by atoms with Crippen LogP contribution in [-0.2, 0) is 9.63 Å². The summed E-state index contributed by atoms with van der Waals surface area (Å²) in [5, 5.41) is 6.96. The number of hydrogen-bond acceptors (Lipinski definition) is 5. The number of oxime groups is 1. The first-order valence-electron chi connectivity index (χ1n) is 7.05. The van der Waals surface area contributed by atoms with Crippen molar-refractivity contribution in [1.82, 2.24) is 0 Å². The van der Waals surface area contributed by atoms with Crippen LogP contribution in [0.2, 0.25) is 5.02 Å². The number of rotatable bonds is 7. The fourth-order valence-corrected chi connectivity index (χ4v) is 2.08. The molecule has 0 aromatic heterocycles. The molecule has 2 rings (SSSR count). The highest BCUT2D eigenvalue weighted by atomic mass is 35.5. The average Bonchev–Trinajstić information content (AvgIpc) is 2.58. The zero-order valence-corrected chi connectivity index (χ0v) is 14.0. The molecule has 1 amide bonds. The molecule has 0 radical (unpaired) electrons. The van der Waals surface area contributed by atoms with E-state index in [2.05, 4.69) is 10.5 Å². The van der Waals surface area contributed by atoms with Gasteiger partial charge in [0.15, 0.2) is 18.1 Å². The molecule has 7 heteroatoms. The predicted octanol–water partition coefficient (Wildman–Crippen LogP) is 3.35. The average molecular weight is 349 g/mol. The van der Waals surface area contributed by atoms with Crippen molar-refractivity contribution >= 4 is 29.4 Å². The molecule has 24 heavy (non-hydrogen) atoms. The third-order valence-corrected chi connectivity index (χ3v) is 3.22. The second-order valence-electron chi connectivity index (χ2n) is 4.68. The summed E-state index contributed by atoms with van der Waals surface area (Å²) < 4.78 is 10.3. The molecule has 2 aromatic rings. The van der Waals surface area contributed by atoms with Crippen molar-refractivity contribution in [2.24, 2.45) is 5.16 Å². The molecule has 0 fully saturated rings. The lowest BCUT2D eigenvalue weighted by Crippen LogP contribution is -2.16. The summed E-state index contributed by atoms with van der Waals surface area (Å²) in [6, 6.07) is 12.1. The van der Waals surface area contributed by atoms with Crippen LogP contribution in [0.15, 0.2) is 47.6 Å². The Morgan fingerprint density at radius 3 is 2.67 bits per heavy atom. The molecule has 0 heterocycles. The minimum Gasteiger partial charge on any atom is -0.493 e. The molecule has 0 aliphatic rings. The van der Waals surface area contributed by atoms with E-state index in [0.29, 0.717) is 22.2 Å². The molecule has 0 unspecified atom stereocenters. The number of hydrogen-bond donors (Lipinski definition) is 1. The normalized spacial score (nSPS) is 10.5. The van der Waals surface area contributed by atoms with E-state index in [4.69, 9.17) is 25.9 Å². The molecule has 2 aromatic carbocycles. The fraction of sp³-hybridized carbons (Fsp3) is 0.176. The number of benzene rings is 2. The molecule has 0 aliphatic heterocycles. The van der Waals surface area contributed by atoms with E-state index >= 15 is 0 Å². The summed E-state index contributed by atoms with van der Waals surface area (Å²) in [4.78, 5) is 16.7. The maximum atomic E-state index is 11.7. The second kappa shape index (κ2) is 8.79. The summed E-state index contributed by atoms with van der Waals surface area (Å²) in [5.74, 6) is 0.873. The number of halogens is 1. The first-order valence-corrected chi connectivity index (χ1v) is 7.43. The van der Waals surface area contributed by atoms with Crippen molar-refractivity contribution in [2.75, 3.05) is 26.1 Å². The van der Waals surface area contributed by atoms with Crippen LogP contribution in [0.5, 0.6) is 11.5 Å². The largest absolute Gasteiger partial charge is 0.493 e. The van der Waals surface area contributed by atoms with Gasteiger partial charge in [0, 0.05) is 16.3 Å². The van der Waals surface area contributed by atoms with Crippen molar-refractivity contribution in [3.05, 3.63) is 53.1 Å². The Hall–Kier alpha value is -2.73. The summed E-state index contributed by atoms with van der Waals surface area (Å²) in [6.07, 6.45) is 1.48. The van der Waals surface area contributed by atoms with Crippen molar-refractivity contribution in [1.29, 1.82) is 0 Å². The van der Waals surface area contributed by atoms with Crippen LogP contribution in [0.25, 0.3) is 0 Å². The predicted molar refractivity (Wildman–Crippen MR) is 93.2 cm³/mol. The Kier molecular flexibility index (Phi) is 6.45. The summed E-state index contributed by atoms with van der Waals surface area (Å²) in [5.41, 5.74) is 1.35. The van der Waals surface area contributed by atoms with Gasteiger partial charge in [0.2, 0.25) is 0 Å². The molecule has 0 bridgehead atoms. The summed E-state index contributed by atoms with van der Waals surface area (Å²) in [7, 11) is 3.11.